The molecule has 0 atom stereocenters. The number of pyridine rings is 2. The summed E-state index contributed by atoms with van der Waals surface area (Å²) >= 11 is 0. The number of aromatic nitrogens is 4. The first-order chi connectivity index (χ1) is 30.5. The Labute approximate surface area is 358 Å². The predicted octanol–water partition coefficient (Wildman–Crippen LogP) is 14.8. The summed E-state index contributed by atoms with van der Waals surface area (Å²) in [6, 6.07) is 68.6. The first kappa shape index (κ1) is 34.8. The maximum atomic E-state index is 4.93. The van der Waals surface area contributed by atoms with E-state index in [1.807, 2.05) is 24.5 Å². The van der Waals surface area contributed by atoms with Crippen molar-refractivity contribution in [2.24, 2.45) is 0 Å². The highest BCUT2D eigenvalue weighted by Gasteiger charge is 2.36. The van der Waals surface area contributed by atoms with E-state index in [1.165, 1.54) is 54.8 Å². The molecule has 0 bridgehead atoms. The topological polar surface area (TPSA) is 38.9 Å². The lowest BCUT2D eigenvalue weighted by Gasteiger charge is -2.28. The van der Waals surface area contributed by atoms with E-state index in [4.69, 9.17) is 9.97 Å². The fraction of sp³-hybridized carbons (Fsp3) is 0.0526. The highest BCUT2D eigenvalue weighted by Crippen LogP contribution is 2.51. The van der Waals surface area contributed by atoms with E-state index in [0.29, 0.717) is 0 Å². The molecule has 0 N–H and O–H groups in total. The third kappa shape index (κ3) is 4.85. The summed E-state index contributed by atoms with van der Waals surface area (Å²) in [5.74, 6) is 0. The van der Waals surface area contributed by atoms with Crippen LogP contribution in [0.1, 0.15) is 25.0 Å². The van der Waals surface area contributed by atoms with E-state index in [0.717, 1.165) is 61.3 Å². The highest BCUT2D eigenvalue weighted by atomic mass is 15.1. The lowest BCUT2D eigenvalue weighted by atomic mass is 9.82. The number of benzene rings is 8. The molecule has 0 saturated heterocycles. The maximum absolute atomic E-state index is 4.93. The van der Waals surface area contributed by atoms with Gasteiger partial charge in [0, 0.05) is 78.6 Å². The molecule has 0 spiro atoms. The summed E-state index contributed by atoms with van der Waals surface area (Å²) in [7, 11) is 0. The van der Waals surface area contributed by atoms with Crippen LogP contribution in [0, 0.1) is 0 Å². The summed E-state index contributed by atoms with van der Waals surface area (Å²) in [5, 5.41) is 6.95. The molecular formula is C57H39N5. The maximum Gasteiger partial charge on any atom is 0.0986 e. The van der Waals surface area contributed by atoms with E-state index in [9.17, 15) is 0 Å². The monoisotopic (exact) mass is 793 g/mol. The van der Waals surface area contributed by atoms with Crippen LogP contribution in [0.4, 0.5) is 17.1 Å². The molecule has 0 amide bonds. The summed E-state index contributed by atoms with van der Waals surface area (Å²) in [6.45, 7) is 4.72. The molecule has 0 aliphatic heterocycles. The number of para-hydroxylation sites is 3. The molecule has 1 aliphatic rings. The standard InChI is InChI=1S/C57H39N5/c1-57(2)48-23-11-9-19-41(48)42-28-25-39(34-49(42)57)60(38-27-30-51-47(33-38)43-20-10-12-24-50(43)61(51)36-15-5-3-6-16-36)40-26-29-44-52(35-40)62(37-17-7-4-8-18-37)56-46-22-14-32-59-55(46)54-45(53(44)56)21-13-31-58-54/h3-35H,1-2H3. The third-order valence-corrected chi connectivity index (χ3v) is 13.3. The zero-order valence-electron chi connectivity index (χ0n) is 34.3. The minimum absolute atomic E-state index is 0.158. The van der Waals surface area contributed by atoms with Crippen molar-refractivity contribution in [1.82, 2.24) is 19.1 Å². The van der Waals surface area contributed by atoms with Crippen molar-refractivity contribution in [3.05, 3.63) is 212 Å². The first-order valence-electron chi connectivity index (χ1n) is 21.3. The molecule has 292 valence electrons. The molecule has 1 aliphatic carbocycles. The number of hydrogen-bond donors (Lipinski definition) is 0. The van der Waals surface area contributed by atoms with Gasteiger partial charge in [-0.05, 0) is 113 Å². The Bertz CT molecular complexity index is 3780. The van der Waals surface area contributed by atoms with Gasteiger partial charge in [-0.15, -0.1) is 0 Å². The van der Waals surface area contributed by atoms with E-state index in [1.54, 1.807) is 0 Å². The Morgan fingerprint density at radius 3 is 1.79 bits per heavy atom. The van der Waals surface area contributed by atoms with Crippen LogP contribution in [0.5, 0.6) is 0 Å². The minimum Gasteiger partial charge on any atom is -0.310 e. The van der Waals surface area contributed by atoms with Crippen molar-refractivity contribution >= 4 is 82.5 Å². The van der Waals surface area contributed by atoms with Crippen molar-refractivity contribution in [2.45, 2.75) is 19.3 Å². The van der Waals surface area contributed by atoms with Gasteiger partial charge < -0.3 is 14.0 Å². The lowest BCUT2D eigenvalue weighted by Crippen LogP contribution is -2.16. The number of rotatable bonds is 5. The second kappa shape index (κ2) is 13.0. The van der Waals surface area contributed by atoms with Gasteiger partial charge in [0.15, 0.2) is 0 Å². The molecule has 5 heteroatoms. The van der Waals surface area contributed by atoms with E-state index in [-0.39, 0.29) is 5.41 Å². The van der Waals surface area contributed by atoms with Gasteiger partial charge >= 0.3 is 0 Å². The summed E-state index contributed by atoms with van der Waals surface area (Å²) < 4.78 is 4.82. The Hall–Kier alpha value is -8.02. The molecule has 8 aromatic carbocycles. The summed E-state index contributed by atoms with van der Waals surface area (Å²) in [6.07, 6.45) is 3.75. The molecule has 0 fully saturated rings. The molecule has 62 heavy (non-hydrogen) atoms. The Morgan fingerprint density at radius 1 is 0.403 bits per heavy atom. The van der Waals surface area contributed by atoms with Crippen LogP contribution in [0.15, 0.2) is 200 Å². The first-order valence-corrected chi connectivity index (χ1v) is 21.3. The molecule has 4 aromatic heterocycles. The van der Waals surface area contributed by atoms with Gasteiger partial charge in [0.1, 0.15) is 0 Å². The quantitative estimate of drug-likeness (QED) is 0.163. The smallest absolute Gasteiger partial charge is 0.0986 e. The van der Waals surface area contributed by atoms with Crippen molar-refractivity contribution < 1.29 is 0 Å². The minimum atomic E-state index is -0.158. The molecule has 4 heterocycles. The largest absolute Gasteiger partial charge is 0.310 e. The Balaban J connectivity index is 1.12. The number of nitrogens with zero attached hydrogens (tertiary/aromatic N) is 5. The Morgan fingerprint density at radius 2 is 0.984 bits per heavy atom. The van der Waals surface area contributed by atoms with Crippen LogP contribution >= 0.6 is 0 Å². The van der Waals surface area contributed by atoms with E-state index in [2.05, 4.69) is 204 Å². The molecule has 12 aromatic rings. The van der Waals surface area contributed by atoms with Gasteiger partial charge in [-0.25, -0.2) is 0 Å². The fourth-order valence-electron chi connectivity index (χ4n) is 10.6. The molecule has 13 rings (SSSR count). The SMILES string of the molecule is CC1(C)c2ccccc2-c2ccc(N(c3ccc4c(c3)c3ccccc3n4-c3ccccc3)c3ccc4c5c6cccnc6c6ncccc6c5n(-c5ccccc5)c4c3)cc21. The number of anilines is 3. The van der Waals surface area contributed by atoms with Crippen LogP contribution < -0.4 is 4.90 Å². The molecule has 0 unspecified atom stereocenters. The van der Waals surface area contributed by atoms with Gasteiger partial charge in [0.25, 0.3) is 0 Å². The van der Waals surface area contributed by atoms with Crippen LogP contribution in [-0.2, 0) is 5.41 Å². The molecule has 0 radical (unpaired) electrons. The zero-order chi connectivity index (χ0) is 41.1. The van der Waals surface area contributed by atoms with E-state index >= 15 is 0 Å². The normalized spacial score (nSPS) is 13.1. The van der Waals surface area contributed by atoms with Gasteiger partial charge in [-0.3, -0.25) is 9.97 Å². The van der Waals surface area contributed by atoms with Gasteiger partial charge in [0.05, 0.1) is 33.1 Å². The average molecular weight is 794 g/mol. The van der Waals surface area contributed by atoms with Crippen molar-refractivity contribution in [3.63, 3.8) is 0 Å². The van der Waals surface area contributed by atoms with Crippen molar-refractivity contribution in [2.75, 3.05) is 4.90 Å². The Kier molecular flexibility index (Phi) is 7.29. The third-order valence-electron chi connectivity index (χ3n) is 13.3. The molecular weight excluding hydrogens is 755 g/mol. The van der Waals surface area contributed by atoms with Gasteiger partial charge in [0.2, 0.25) is 0 Å². The van der Waals surface area contributed by atoms with E-state index < -0.39 is 0 Å². The van der Waals surface area contributed by atoms with Gasteiger partial charge in [-0.1, -0.05) is 111 Å². The van der Waals surface area contributed by atoms with Gasteiger partial charge in [-0.2, -0.15) is 0 Å². The van der Waals surface area contributed by atoms with Crippen molar-refractivity contribution in [3.8, 4) is 22.5 Å². The van der Waals surface area contributed by atoms with Crippen LogP contribution in [0.2, 0.25) is 0 Å². The second-order valence-corrected chi connectivity index (χ2v) is 17.0. The predicted molar refractivity (Wildman–Crippen MR) is 258 cm³/mol. The molecule has 0 saturated carbocycles. The lowest BCUT2D eigenvalue weighted by molar-refractivity contribution is 0.660. The molecule has 5 nitrogen and oxygen atoms in total. The zero-order valence-corrected chi connectivity index (χ0v) is 34.3. The number of hydrogen-bond acceptors (Lipinski definition) is 3. The summed E-state index contributed by atoms with van der Waals surface area (Å²) in [4.78, 5) is 12.3. The van der Waals surface area contributed by atoms with Crippen LogP contribution in [-0.4, -0.2) is 19.1 Å². The fourth-order valence-corrected chi connectivity index (χ4v) is 10.6. The number of fused-ring (bicyclic) bond motifs is 14. The van der Waals surface area contributed by atoms with Crippen molar-refractivity contribution in [1.29, 1.82) is 0 Å². The highest BCUT2D eigenvalue weighted by molar-refractivity contribution is 6.31. The van der Waals surface area contributed by atoms with Crippen LogP contribution in [0.25, 0.3) is 87.9 Å². The second-order valence-electron chi connectivity index (χ2n) is 17.0. The summed E-state index contributed by atoms with van der Waals surface area (Å²) in [5.41, 5.74) is 17.1. The average Bonchev–Trinajstić information content (AvgIpc) is 3.93. The van der Waals surface area contributed by atoms with Crippen LogP contribution in [0.3, 0.4) is 0 Å².